The number of hydrogen-bond acceptors (Lipinski definition) is 3. The van der Waals surface area contributed by atoms with Crippen LogP contribution in [0.1, 0.15) is 28.8 Å². The Morgan fingerprint density at radius 2 is 1.81 bits per heavy atom. The number of alkyl halides is 2. The lowest BCUT2D eigenvalue weighted by Crippen LogP contribution is -2.21. The molecular weight excluding hydrogens is 276 g/mol. The van der Waals surface area contributed by atoms with Crippen LogP contribution in [0.4, 0.5) is 8.78 Å². The van der Waals surface area contributed by atoms with E-state index in [9.17, 15) is 13.9 Å². The molecule has 2 aromatic carbocycles. The van der Waals surface area contributed by atoms with E-state index in [0.29, 0.717) is 12.1 Å². The summed E-state index contributed by atoms with van der Waals surface area (Å²) in [4.78, 5) is 0. The van der Waals surface area contributed by atoms with Crippen LogP contribution in [-0.4, -0.2) is 11.7 Å². The van der Waals surface area contributed by atoms with Crippen molar-refractivity contribution in [2.45, 2.75) is 25.3 Å². The molecule has 0 aliphatic carbocycles. The molecule has 110 valence electrons. The normalized spacial score (nSPS) is 18.6. The number of rotatable bonds is 4. The van der Waals surface area contributed by atoms with Gasteiger partial charge in [-0.05, 0) is 17.2 Å². The van der Waals surface area contributed by atoms with Crippen LogP contribution in [0.3, 0.4) is 0 Å². The Hall–Kier alpha value is -1.98. The van der Waals surface area contributed by atoms with Crippen LogP contribution in [0.15, 0.2) is 48.5 Å². The first-order valence-electron chi connectivity index (χ1n) is 6.70. The SMILES string of the molecule is OC(c1ccccc1OC(F)F)C1NCc2ccccc21. The van der Waals surface area contributed by atoms with E-state index >= 15 is 0 Å². The first kappa shape index (κ1) is 14.0. The number of nitrogens with one attached hydrogen (secondary N) is 1. The van der Waals surface area contributed by atoms with E-state index in [1.165, 1.54) is 6.07 Å². The van der Waals surface area contributed by atoms with Crippen LogP contribution in [0.5, 0.6) is 5.75 Å². The van der Waals surface area contributed by atoms with E-state index in [0.717, 1.165) is 11.1 Å². The molecule has 0 bridgehead atoms. The van der Waals surface area contributed by atoms with Crippen LogP contribution in [0.2, 0.25) is 0 Å². The van der Waals surface area contributed by atoms with Gasteiger partial charge in [0, 0.05) is 12.1 Å². The van der Waals surface area contributed by atoms with Gasteiger partial charge in [0.15, 0.2) is 0 Å². The molecule has 3 rings (SSSR count). The van der Waals surface area contributed by atoms with Gasteiger partial charge in [-0.25, -0.2) is 0 Å². The van der Waals surface area contributed by atoms with E-state index in [2.05, 4.69) is 10.1 Å². The minimum absolute atomic E-state index is 0.00572. The van der Waals surface area contributed by atoms with Gasteiger partial charge in [0.2, 0.25) is 0 Å². The fourth-order valence-electron chi connectivity index (χ4n) is 2.72. The molecule has 2 atom stereocenters. The molecule has 0 amide bonds. The summed E-state index contributed by atoms with van der Waals surface area (Å²) in [6.45, 7) is -2.27. The maximum Gasteiger partial charge on any atom is 0.387 e. The molecule has 0 saturated heterocycles. The van der Waals surface area contributed by atoms with E-state index in [1.807, 2.05) is 24.3 Å². The topological polar surface area (TPSA) is 41.5 Å². The van der Waals surface area contributed by atoms with Crippen molar-refractivity contribution in [2.24, 2.45) is 0 Å². The molecule has 0 radical (unpaired) electrons. The third-order valence-electron chi connectivity index (χ3n) is 3.67. The molecule has 5 heteroatoms. The Kier molecular flexibility index (Phi) is 3.86. The summed E-state index contributed by atoms with van der Waals surface area (Å²) in [5.41, 5.74) is 2.44. The Bertz CT molecular complexity index is 633. The smallest absolute Gasteiger partial charge is 0.387 e. The molecule has 0 aromatic heterocycles. The predicted molar refractivity (Wildman–Crippen MR) is 74.1 cm³/mol. The molecule has 0 saturated carbocycles. The quantitative estimate of drug-likeness (QED) is 0.909. The first-order valence-corrected chi connectivity index (χ1v) is 6.70. The van der Waals surface area contributed by atoms with E-state index in [4.69, 9.17) is 0 Å². The van der Waals surface area contributed by atoms with Crippen LogP contribution in [-0.2, 0) is 6.54 Å². The summed E-state index contributed by atoms with van der Waals surface area (Å²) in [7, 11) is 0. The largest absolute Gasteiger partial charge is 0.434 e. The van der Waals surface area contributed by atoms with E-state index < -0.39 is 12.7 Å². The standard InChI is InChI=1S/C16H15F2NO2/c17-16(18)21-13-8-4-3-7-12(13)15(20)14-11-6-2-1-5-10(11)9-19-14/h1-8,14-16,19-20H,9H2. The maximum absolute atomic E-state index is 12.5. The molecule has 0 fully saturated rings. The molecule has 1 aliphatic heterocycles. The minimum atomic E-state index is -2.91. The van der Waals surface area contributed by atoms with Crippen molar-refractivity contribution in [3.63, 3.8) is 0 Å². The van der Waals surface area contributed by atoms with Crippen molar-refractivity contribution in [3.8, 4) is 5.75 Å². The second-order valence-electron chi connectivity index (χ2n) is 4.92. The lowest BCUT2D eigenvalue weighted by molar-refractivity contribution is -0.0519. The molecule has 1 heterocycles. The highest BCUT2D eigenvalue weighted by atomic mass is 19.3. The van der Waals surface area contributed by atoms with Crippen molar-refractivity contribution in [2.75, 3.05) is 0 Å². The molecule has 2 unspecified atom stereocenters. The number of benzene rings is 2. The van der Waals surface area contributed by atoms with Crippen molar-refractivity contribution >= 4 is 0 Å². The van der Waals surface area contributed by atoms with Gasteiger partial charge >= 0.3 is 6.61 Å². The van der Waals surface area contributed by atoms with Gasteiger partial charge < -0.3 is 15.2 Å². The highest BCUT2D eigenvalue weighted by Crippen LogP contribution is 2.38. The third-order valence-corrected chi connectivity index (χ3v) is 3.67. The zero-order valence-electron chi connectivity index (χ0n) is 11.2. The van der Waals surface area contributed by atoms with E-state index in [-0.39, 0.29) is 11.8 Å². The molecular formula is C16H15F2NO2. The number of aliphatic hydroxyl groups is 1. The number of halogens is 2. The summed E-state index contributed by atoms with van der Waals surface area (Å²) in [5.74, 6) is 0.00572. The average molecular weight is 291 g/mol. The molecule has 2 aromatic rings. The molecule has 21 heavy (non-hydrogen) atoms. The van der Waals surface area contributed by atoms with Crippen molar-refractivity contribution in [1.29, 1.82) is 0 Å². The Labute approximate surface area is 121 Å². The Morgan fingerprint density at radius 3 is 2.62 bits per heavy atom. The first-order chi connectivity index (χ1) is 10.2. The fourth-order valence-corrected chi connectivity index (χ4v) is 2.72. The summed E-state index contributed by atoms with van der Waals surface area (Å²) in [6.07, 6.45) is -0.955. The average Bonchev–Trinajstić information content (AvgIpc) is 2.90. The van der Waals surface area contributed by atoms with Gasteiger partial charge in [-0.15, -0.1) is 0 Å². The lowest BCUT2D eigenvalue weighted by Gasteiger charge is -2.22. The van der Waals surface area contributed by atoms with Crippen LogP contribution in [0.25, 0.3) is 0 Å². The maximum atomic E-state index is 12.5. The Balaban J connectivity index is 1.91. The Morgan fingerprint density at radius 1 is 1.10 bits per heavy atom. The van der Waals surface area contributed by atoms with Gasteiger partial charge in [0.1, 0.15) is 11.9 Å². The molecule has 2 N–H and O–H groups in total. The highest BCUT2D eigenvalue weighted by molar-refractivity contribution is 5.41. The highest BCUT2D eigenvalue weighted by Gasteiger charge is 2.30. The molecule has 3 nitrogen and oxygen atoms in total. The summed E-state index contributed by atoms with van der Waals surface area (Å²) in [5, 5.41) is 13.8. The van der Waals surface area contributed by atoms with Gasteiger partial charge in [-0.2, -0.15) is 8.78 Å². The number of para-hydroxylation sites is 1. The van der Waals surface area contributed by atoms with Crippen LogP contribution < -0.4 is 10.1 Å². The van der Waals surface area contributed by atoms with Gasteiger partial charge in [0.25, 0.3) is 0 Å². The zero-order valence-corrected chi connectivity index (χ0v) is 11.2. The summed E-state index contributed by atoms with van der Waals surface area (Å²) >= 11 is 0. The van der Waals surface area contributed by atoms with Crippen molar-refractivity contribution in [1.82, 2.24) is 5.32 Å². The fraction of sp³-hybridized carbons (Fsp3) is 0.250. The molecule has 1 aliphatic rings. The monoisotopic (exact) mass is 291 g/mol. The lowest BCUT2D eigenvalue weighted by atomic mass is 9.95. The number of hydrogen-bond donors (Lipinski definition) is 2. The summed E-state index contributed by atoms with van der Waals surface area (Å²) < 4.78 is 29.4. The third kappa shape index (κ3) is 2.75. The van der Waals surface area contributed by atoms with Gasteiger partial charge in [-0.3, -0.25) is 0 Å². The minimum Gasteiger partial charge on any atom is -0.434 e. The second kappa shape index (κ2) is 5.79. The number of aliphatic hydroxyl groups excluding tert-OH is 1. The van der Waals surface area contributed by atoms with Crippen molar-refractivity contribution < 1.29 is 18.6 Å². The summed E-state index contributed by atoms with van der Waals surface area (Å²) in [6, 6.07) is 13.7. The second-order valence-corrected chi connectivity index (χ2v) is 4.92. The van der Waals surface area contributed by atoms with Crippen LogP contribution in [0, 0.1) is 0 Å². The molecule has 0 spiro atoms. The number of fused-ring (bicyclic) bond motifs is 1. The van der Waals surface area contributed by atoms with Gasteiger partial charge in [0.05, 0.1) is 6.04 Å². The van der Waals surface area contributed by atoms with Crippen LogP contribution >= 0.6 is 0 Å². The predicted octanol–water partition coefficient (Wildman–Crippen LogP) is 3.17. The zero-order chi connectivity index (χ0) is 14.8. The van der Waals surface area contributed by atoms with Crippen molar-refractivity contribution in [3.05, 3.63) is 65.2 Å². The van der Waals surface area contributed by atoms with E-state index in [1.54, 1.807) is 18.2 Å². The number of ether oxygens (including phenoxy) is 1. The van der Waals surface area contributed by atoms with Gasteiger partial charge in [-0.1, -0.05) is 42.5 Å².